The minimum Gasteiger partial charge on any atom is -0.469 e. The van der Waals surface area contributed by atoms with E-state index in [1.165, 1.54) is 7.11 Å². The van der Waals surface area contributed by atoms with Crippen molar-refractivity contribution in [2.45, 2.75) is 6.92 Å². The van der Waals surface area contributed by atoms with Crippen LogP contribution in [0.4, 0.5) is 0 Å². The molecule has 0 aliphatic carbocycles. The minimum absolute atomic E-state index is 0.0324. The highest BCUT2D eigenvalue weighted by Gasteiger charge is 2.10. The van der Waals surface area contributed by atoms with Gasteiger partial charge >= 0.3 is 5.97 Å². The molecule has 0 N–H and O–H groups in total. The number of methoxy groups -OCH3 is 1. The molecule has 0 spiro atoms. The van der Waals surface area contributed by atoms with Gasteiger partial charge in [0.25, 0.3) is 0 Å². The number of hydrogen-bond acceptors (Lipinski definition) is 3. The van der Waals surface area contributed by atoms with Crippen LogP contribution in [0.25, 0.3) is 0 Å². The second kappa shape index (κ2) is 4.68. The van der Waals surface area contributed by atoms with Crippen LogP contribution in [0.2, 0.25) is 0 Å². The molecule has 3 heteroatoms. The third-order valence-corrected chi connectivity index (χ3v) is 1.85. The highest BCUT2D eigenvalue weighted by Crippen LogP contribution is 2.04. The fourth-order valence-electron chi connectivity index (χ4n) is 0.519. The Hall–Kier alpha value is -0.180. The van der Waals surface area contributed by atoms with Gasteiger partial charge in [0.05, 0.1) is 13.0 Å². The molecule has 0 aliphatic heterocycles. The number of rotatable bonds is 3. The number of carbonyl (C=O) groups excluding carboxylic acids is 1. The van der Waals surface area contributed by atoms with Crippen molar-refractivity contribution in [1.29, 1.82) is 0 Å². The van der Waals surface area contributed by atoms with Gasteiger partial charge in [0, 0.05) is 5.75 Å². The smallest absolute Gasteiger partial charge is 0.309 e. The van der Waals surface area contributed by atoms with Crippen LogP contribution in [-0.2, 0) is 9.53 Å². The third kappa shape index (κ3) is 3.40. The molecule has 0 bridgehead atoms. The normalized spacial score (nSPS) is 12.8. The molecule has 54 valence electrons. The Kier molecular flexibility index (Phi) is 4.58. The highest BCUT2D eigenvalue weighted by molar-refractivity contribution is 7.98. The Morgan fingerprint density at radius 2 is 2.33 bits per heavy atom. The van der Waals surface area contributed by atoms with Crippen LogP contribution in [0.5, 0.6) is 0 Å². The van der Waals surface area contributed by atoms with Crippen LogP contribution in [0.1, 0.15) is 6.92 Å². The highest BCUT2D eigenvalue weighted by atomic mass is 32.2. The molecule has 0 aliphatic rings. The minimum atomic E-state index is -0.121. The summed E-state index contributed by atoms with van der Waals surface area (Å²) in [6.45, 7) is 1.86. The molecule has 0 saturated carbocycles. The van der Waals surface area contributed by atoms with Gasteiger partial charge in [-0.25, -0.2) is 0 Å². The Balaban J connectivity index is 3.45. The summed E-state index contributed by atoms with van der Waals surface area (Å²) in [6, 6.07) is 0. The quantitative estimate of drug-likeness (QED) is 0.562. The molecule has 0 aromatic heterocycles. The van der Waals surface area contributed by atoms with Gasteiger partial charge < -0.3 is 4.74 Å². The number of carbonyl (C=O) groups is 1. The van der Waals surface area contributed by atoms with Crippen molar-refractivity contribution < 1.29 is 9.53 Å². The molecule has 0 heterocycles. The van der Waals surface area contributed by atoms with Gasteiger partial charge in [-0.15, -0.1) is 0 Å². The summed E-state index contributed by atoms with van der Waals surface area (Å²) in [5.41, 5.74) is 0. The van der Waals surface area contributed by atoms with Crippen LogP contribution in [0.15, 0.2) is 0 Å². The zero-order valence-corrected chi connectivity index (χ0v) is 6.83. The van der Waals surface area contributed by atoms with E-state index in [0.29, 0.717) is 0 Å². The van der Waals surface area contributed by atoms with Crippen LogP contribution < -0.4 is 0 Å². The maximum Gasteiger partial charge on any atom is 0.309 e. The monoisotopic (exact) mass is 148 g/mol. The fourth-order valence-corrected chi connectivity index (χ4v) is 1.16. The van der Waals surface area contributed by atoms with Crippen LogP contribution in [-0.4, -0.2) is 25.1 Å². The zero-order valence-electron chi connectivity index (χ0n) is 6.01. The van der Waals surface area contributed by atoms with Crippen molar-refractivity contribution in [3.05, 3.63) is 0 Å². The molecular weight excluding hydrogens is 136 g/mol. The van der Waals surface area contributed by atoms with E-state index in [4.69, 9.17) is 0 Å². The summed E-state index contributed by atoms with van der Waals surface area (Å²) >= 11 is 1.65. The fraction of sp³-hybridized carbons (Fsp3) is 0.833. The molecule has 0 radical (unpaired) electrons. The van der Waals surface area contributed by atoms with E-state index in [9.17, 15) is 4.79 Å². The van der Waals surface area contributed by atoms with Gasteiger partial charge in [0.15, 0.2) is 0 Å². The molecule has 9 heavy (non-hydrogen) atoms. The van der Waals surface area contributed by atoms with Crippen molar-refractivity contribution in [1.82, 2.24) is 0 Å². The average molecular weight is 148 g/mol. The van der Waals surface area contributed by atoms with Crippen molar-refractivity contribution in [2.75, 3.05) is 19.1 Å². The predicted molar refractivity (Wildman–Crippen MR) is 39.6 cm³/mol. The second-order valence-electron chi connectivity index (χ2n) is 1.88. The lowest BCUT2D eigenvalue weighted by molar-refractivity contribution is -0.143. The lowest BCUT2D eigenvalue weighted by atomic mass is 10.2. The van der Waals surface area contributed by atoms with Gasteiger partial charge in [-0.3, -0.25) is 4.79 Å². The number of thioether (sulfide) groups is 1. The summed E-state index contributed by atoms with van der Waals surface area (Å²) in [4.78, 5) is 10.7. The van der Waals surface area contributed by atoms with Crippen molar-refractivity contribution >= 4 is 17.7 Å². The molecule has 0 rings (SSSR count). The molecule has 0 aromatic rings. The molecule has 1 unspecified atom stereocenters. The summed E-state index contributed by atoms with van der Waals surface area (Å²) in [5, 5.41) is 0. The SMILES string of the molecule is COC(=O)C(C)CSC. The molecule has 0 amide bonds. The standard InChI is InChI=1S/C6H12O2S/c1-5(4-9-3)6(7)8-2/h5H,4H2,1-3H3. The van der Waals surface area contributed by atoms with Crippen LogP contribution in [0, 0.1) is 5.92 Å². The van der Waals surface area contributed by atoms with Gasteiger partial charge in [-0.05, 0) is 6.26 Å². The lowest BCUT2D eigenvalue weighted by Crippen LogP contribution is -2.14. The van der Waals surface area contributed by atoms with E-state index in [1.807, 2.05) is 13.2 Å². The van der Waals surface area contributed by atoms with Crippen molar-refractivity contribution in [3.8, 4) is 0 Å². The van der Waals surface area contributed by atoms with Gasteiger partial charge in [0.1, 0.15) is 0 Å². The number of hydrogen-bond donors (Lipinski definition) is 0. The molecule has 0 aromatic carbocycles. The average Bonchev–Trinajstić information content (AvgIpc) is 1.87. The Morgan fingerprint density at radius 1 is 1.78 bits per heavy atom. The molecular formula is C6H12O2S. The van der Waals surface area contributed by atoms with E-state index in [1.54, 1.807) is 11.8 Å². The van der Waals surface area contributed by atoms with Gasteiger partial charge in [-0.1, -0.05) is 6.92 Å². The van der Waals surface area contributed by atoms with E-state index in [2.05, 4.69) is 4.74 Å². The first-order chi connectivity index (χ1) is 4.22. The maximum atomic E-state index is 10.7. The predicted octanol–water partition coefficient (Wildman–Crippen LogP) is 1.16. The first-order valence-corrected chi connectivity index (χ1v) is 4.18. The van der Waals surface area contributed by atoms with E-state index in [-0.39, 0.29) is 11.9 Å². The van der Waals surface area contributed by atoms with Crippen molar-refractivity contribution in [3.63, 3.8) is 0 Å². The second-order valence-corrected chi connectivity index (χ2v) is 2.79. The topological polar surface area (TPSA) is 26.3 Å². The zero-order chi connectivity index (χ0) is 7.28. The Bertz CT molecular complexity index is 93.1. The summed E-state index contributed by atoms with van der Waals surface area (Å²) in [6.07, 6.45) is 1.97. The van der Waals surface area contributed by atoms with Crippen molar-refractivity contribution in [2.24, 2.45) is 5.92 Å². The van der Waals surface area contributed by atoms with E-state index < -0.39 is 0 Å². The third-order valence-electron chi connectivity index (χ3n) is 1.02. The van der Waals surface area contributed by atoms with E-state index in [0.717, 1.165) is 5.75 Å². The first kappa shape index (κ1) is 8.82. The van der Waals surface area contributed by atoms with E-state index >= 15 is 0 Å². The Labute approximate surface area is 60.0 Å². The maximum absolute atomic E-state index is 10.7. The lowest BCUT2D eigenvalue weighted by Gasteiger charge is -2.04. The molecule has 1 atom stereocenters. The van der Waals surface area contributed by atoms with Crippen LogP contribution >= 0.6 is 11.8 Å². The molecule has 0 saturated heterocycles. The largest absolute Gasteiger partial charge is 0.469 e. The molecule has 2 nitrogen and oxygen atoms in total. The summed E-state index contributed by atoms with van der Waals surface area (Å²) < 4.78 is 4.51. The Morgan fingerprint density at radius 3 is 2.67 bits per heavy atom. The summed E-state index contributed by atoms with van der Waals surface area (Å²) in [5.74, 6) is 0.751. The van der Waals surface area contributed by atoms with Gasteiger partial charge in [-0.2, -0.15) is 11.8 Å². The van der Waals surface area contributed by atoms with Gasteiger partial charge in [0.2, 0.25) is 0 Å². The number of esters is 1. The molecule has 0 fully saturated rings. The first-order valence-electron chi connectivity index (χ1n) is 2.79. The summed E-state index contributed by atoms with van der Waals surface area (Å²) in [7, 11) is 1.42. The van der Waals surface area contributed by atoms with Crippen LogP contribution in [0.3, 0.4) is 0 Å². The number of ether oxygens (including phenoxy) is 1.